The van der Waals surface area contributed by atoms with Gasteiger partial charge in [-0.05, 0) is 6.42 Å². The highest BCUT2D eigenvalue weighted by molar-refractivity contribution is 5.80. The number of ketones is 1. The topological polar surface area (TPSA) is 46.5 Å². The number of carbonyl (C=O) groups is 1. The van der Waals surface area contributed by atoms with Gasteiger partial charge in [-0.2, -0.15) is 0 Å². The van der Waals surface area contributed by atoms with Crippen molar-refractivity contribution in [1.29, 1.82) is 0 Å². The van der Waals surface area contributed by atoms with Crippen LogP contribution in [0.5, 0.6) is 0 Å². The summed E-state index contributed by atoms with van der Waals surface area (Å²) in [7, 11) is 0. The van der Waals surface area contributed by atoms with E-state index in [0.717, 1.165) is 6.42 Å². The van der Waals surface area contributed by atoms with E-state index in [1.165, 1.54) is 25.7 Å². The number of Topliss-reactive ketones (excluding diaryl/α,β-unsaturated/α-hetero) is 1. The Kier molecular flexibility index (Phi) is 9.37. The molecule has 0 aliphatic rings. The van der Waals surface area contributed by atoms with Crippen LogP contribution >= 0.6 is 0 Å². The standard InChI is InChI=1S/C10H20O3/c1-2-3-4-5-6-7-13-9-10(12)8-11/h11H,2-9H2,1H3. The summed E-state index contributed by atoms with van der Waals surface area (Å²) >= 11 is 0. The van der Waals surface area contributed by atoms with Gasteiger partial charge in [0.15, 0.2) is 5.78 Å². The van der Waals surface area contributed by atoms with Gasteiger partial charge < -0.3 is 9.84 Å². The fourth-order valence-electron chi connectivity index (χ4n) is 1.04. The van der Waals surface area contributed by atoms with Crippen LogP contribution in [0.25, 0.3) is 0 Å². The van der Waals surface area contributed by atoms with Gasteiger partial charge >= 0.3 is 0 Å². The molecule has 3 nitrogen and oxygen atoms in total. The molecule has 0 saturated carbocycles. The number of hydrogen-bond donors (Lipinski definition) is 1. The molecule has 0 saturated heterocycles. The predicted molar refractivity (Wildman–Crippen MR) is 51.7 cm³/mol. The molecule has 0 rings (SSSR count). The molecule has 0 aromatic carbocycles. The van der Waals surface area contributed by atoms with Gasteiger partial charge in [0.2, 0.25) is 0 Å². The third-order valence-electron chi connectivity index (χ3n) is 1.83. The summed E-state index contributed by atoms with van der Waals surface area (Å²) in [6.45, 7) is 2.46. The molecular formula is C10H20O3. The molecule has 78 valence electrons. The first-order valence-corrected chi connectivity index (χ1v) is 5.01. The minimum Gasteiger partial charge on any atom is -0.388 e. The minimum atomic E-state index is -0.407. The molecule has 0 aromatic heterocycles. The van der Waals surface area contributed by atoms with E-state index in [4.69, 9.17) is 9.84 Å². The van der Waals surface area contributed by atoms with Crippen LogP contribution in [0.2, 0.25) is 0 Å². The molecule has 0 fully saturated rings. The van der Waals surface area contributed by atoms with Crippen LogP contribution in [0.1, 0.15) is 39.0 Å². The second kappa shape index (κ2) is 9.68. The van der Waals surface area contributed by atoms with Crippen molar-refractivity contribution in [3.05, 3.63) is 0 Å². The largest absolute Gasteiger partial charge is 0.388 e. The lowest BCUT2D eigenvalue weighted by atomic mass is 10.2. The van der Waals surface area contributed by atoms with E-state index < -0.39 is 6.61 Å². The van der Waals surface area contributed by atoms with Crippen molar-refractivity contribution in [3.8, 4) is 0 Å². The Labute approximate surface area is 80.1 Å². The molecule has 3 heteroatoms. The Morgan fingerprint density at radius 1 is 1.23 bits per heavy atom. The maximum absolute atomic E-state index is 10.6. The number of carbonyl (C=O) groups excluding carboxylic acids is 1. The van der Waals surface area contributed by atoms with Crippen molar-refractivity contribution < 1.29 is 14.6 Å². The van der Waals surface area contributed by atoms with E-state index in [0.29, 0.717) is 6.61 Å². The highest BCUT2D eigenvalue weighted by Crippen LogP contribution is 2.01. The van der Waals surface area contributed by atoms with Gasteiger partial charge in [-0.25, -0.2) is 0 Å². The zero-order valence-electron chi connectivity index (χ0n) is 8.42. The first kappa shape index (κ1) is 12.6. The Morgan fingerprint density at radius 3 is 2.54 bits per heavy atom. The molecule has 13 heavy (non-hydrogen) atoms. The normalized spacial score (nSPS) is 10.3. The fourth-order valence-corrected chi connectivity index (χ4v) is 1.04. The monoisotopic (exact) mass is 188 g/mol. The summed E-state index contributed by atoms with van der Waals surface area (Å²) in [4.78, 5) is 10.6. The summed E-state index contributed by atoms with van der Waals surface area (Å²) in [5, 5.41) is 8.38. The van der Waals surface area contributed by atoms with Crippen molar-refractivity contribution in [1.82, 2.24) is 0 Å². The number of aliphatic hydroxyl groups excluding tert-OH is 1. The molecule has 0 aromatic rings. The first-order chi connectivity index (χ1) is 6.31. The highest BCUT2D eigenvalue weighted by Gasteiger charge is 1.97. The Bertz CT molecular complexity index is 123. The van der Waals surface area contributed by atoms with Gasteiger partial charge in [0.1, 0.15) is 13.2 Å². The van der Waals surface area contributed by atoms with Gasteiger partial charge in [-0.3, -0.25) is 4.79 Å². The summed E-state index contributed by atoms with van der Waals surface area (Å²) < 4.78 is 5.06. The third kappa shape index (κ3) is 9.50. The summed E-state index contributed by atoms with van der Waals surface area (Å²) in [5.41, 5.74) is 0. The first-order valence-electron chi connectivity index (χ1n) is 5.01. The van der Waals surface area contributed by atoms with Crippen LogP contribution in [0, 0.1) is 0 Å². The molecule has 0 bridgehead atoms. The lowest BCUT2D eigenvalue weighted by Crippen LogP contribution is -2.12. The van der Waals surface area contributed by atoms with Crippen molar-refractivity contribution in [2.24, 2.45) is 0 Å². The molecule has 0 spiro atoms. The molecule has 0 radical (unpaired) electrons. The lowest BCUT2D eigenvalue weighted by Gasteiger charge is -2.01. The second-order valence-corrected chi connectivity index (χ2v) is 3.16. The predicted octanol–water partition coefficient (Wildman–Crippen LogP) is 1.53. The number of ether oxygens (including phenoxy) is 1. The second-order valence-electron chi connectivity index (χ2n) is 3.16. The average molecular weight is 188 g/mol. The van der Waals surface area contributed by atoms with Crippen LogP contribution in [0.15, 0.2) is 0 Å². The molecule has 1 N–H and O–H groups in total. The Hall–Kier alpha value is -0.410. The third-order valence-corrected chi connectivity index (χ3v) is 1.83. The maximum Gasteiger partial charge on any atom is 0.183 e. The van der Waals surface area contributed by atoms with Crippen molar-refractivity contribution in [3.63, 3.8) is 0 Å². The molecule has 0 heterocycles. The van der Waals surface area contributed by atoms with Crippen LogP contribution < -0.4 is 0 Å². The summed E-state index contributed by atoms with van der Waals surface area (Å²) in [6.07, 6.45) is 5.94. The van der Waals surface area contributed by atoms with Gasteiger partial charge in [-0.1, -0.05) is 32.6 Å². The van der Waals surface area contributed by atoms with Crippen LogP contribution in [-0.4, -0.2) is 30.7 Å². The van der Waals surface area contributed by atoms with Crippen LogP contribution in [0.3, 0.4) is 0 Å². The quantitative estimate of drug-likeness (QED) is 0.558. The Morgan fingerprint density at radius 2 is 1.92 bits per heavy atom. The van der Waals surface area contributed by atoms with E-state index in [9.17, 15) is 4.79 Å². The molecule has 0 aliphatic carbocycles. The van der Waals surface area contributed by atoms with E-state index in [1.54, 1.807) is 0 Å². The van der Waals surface area contributed by atoms with Crippen molar-refractivity contribution >= 4 is 5.78 Å². The van der Waals surface area contributed by atoms with E-state index >= 15 is 0 Å². The van der Waals surface area contributed by atoms with Gasteiger partial charge in [-0.15, -0.1) is 0 Å². The summed E-state index contributed by atoms with van der Waals surface area (Å²) in [6, 6.07) is 0. The van der Waals surface area contributed by atoms with Gasteiger partial charge in [0, 0.05) is 6.61 Å². The molecule has 0 unspecified atom stereocenters. The smallest absolute Gasteiger partial charge is 0.183 e. The minimum absolute atomic E-state index is 0.0598. The molecular weight excluding hydrogens is 168 g/mol. The highest BCUT2D eigenvalue weighted by atomic mass is 16.5. The number of hydrogen-bond acceptors (Lipinski definition) is 3. The molecule has 0 aliphatic heterocycles. The number of aliphatic hydroxyl groups is 1. The number of rotatable bonds is 9. The Balaban J connectivity index is 2.95. The van der Waals surface area contributed by atoms with Crippen molar-refractivity contribution in [2.45, 2.75) is 39.0 Å². The maximum atomic E-state index is 10.6. The SMILES string of the molecule is CCCCCCCOCC(=O)CO. The van der Waals surface area contributed by atoms with E-state index in [2.05, 4.69) is 6.92 Å². The zero-order valence-corrected chi connectivity index (χ0v) is 8.42. The van der Waals surface area contributed by atoms with E-state index in [-0.39, 0.29) is 12.4 Å². The molecule has 0 amide bonds. The van der Waals surface area contributed by atoms with E-state index in [1.807, 2.05) is 0 Å². The van der Waals surface area contributed by atoms with Crippen molar-refractivity contribution in [2.75, 3.05) is 19.8 Å². The van der Waals surface area contributed by atoms with Gasteiger partial charge in [0.25, 0.3) is 0 Å². The fraction of sp³-hybridized carbons (Fsp3) is 0.900. The lowest BCUT2D eigenvalue weighted by molar-refractivity contribution is -0.126. The molecule has 0 atom stereocenters. The average Bonchev–Trinajstić information content (AvgIpc) is 2.16. The number of unbranched alkanes of at least 4 members (excludes halogenated alkanes) is 4. The summed E-state index contributed by atoms with van der Waals surface area (Å²) in [5.74, 6) is -0.242. The zero-order chi connectivity index (χ0) is 9.94. The van der Waals surface area contributed by atoms with Crippen LogP contribution in [0.4, 0.5) is 0 Å². The van der Waals surface area contributed by atoms with Gasteiger partial charge in [0.05, 0.1) is 0 Å². The van der Waals surface area contributed by atoms with Crippen LogP contribution in [-0.2, 0) is 9.53 Å².